The molecule has 0 fully saturated rings. The number of fused-ring (bicyclic) bond motifs is 1. The van der Waals surface area contributed by atoms with Gasteiger partial charge in [-0.2, -0.15) is 4.73 Å². The maximum atomic E-state index is 12.9. The van der Waals surface area contributed by atoms with Crippen LogP contribution < -0.4 is 10.6 Å². The number of hydrogen-bond acceptors (Lipinski definition) is 9. The van der Waals surface area contributed by atoms with E-state index in [-0.39, 0.29) is 29.7 Å². The standard InChI is InChI=1S/C19H36N5O5PSi/c1-8-27-30(25,28-9-2)11-10-15(29-31(6,7)19(3,4)5)12-26-24-14-23-16-17(20)21-13-22-18(16)24/h13-15H,8-12H2,1-7H3,(H2,20,21,22). The molecular weight excluding hydrogens is 437 g/mol. The number of hydrogen-bond donors (Lipinski definition) is 1. The molecule has 0 aliphatic heterocycles. The molecule has 0 aliphatic carbocycles. The third-order valence-electron chi connectivity index (χ3n) is 5.38. The predicted octanol–water partition coefficient (Wildman–Crippen LogP) is 3.88. The van der Waals surface area contributed by atoms with E-state index in [1.54, 1.807) is 13.8 Å². The van der Waals surface area contributed by atoms with E-state index in [0.29, 0.717) is 30.8 Å². The van der Waals surface area contributed by atoms with Gasteiger partial charge < -0.3 is 24.0 Å². The molecule has 2 heterocycles. The van der Waals surface area contributed by atoms with Crippen LogP contribution in [0.2, 0.25) is 18.1 Å². The Balaban J connectivity index is 2.18. The zero-order valence-electron chi connectivity index (χ0n) is 19.6. The number of nitrogens with two attached hydrogens (primary N) is 1. The fourth-order valence-corrected chi connectivity index (χ4v) is 5.82. The summed E-state index contributed by atoms with van der Waals surface area (Å²) in [5.41, 5.74) is 6.80. The van der Waals surface area contributed by atoms with Crippen LogP contribution in [-0.4, -0.2) is 60.1 Å². The summed E-state index contributed by atoms with van der Waals surface area (Å²) in [5, 5.41) is 0.0121. The van der Waals surface area contributed by atoms with Crippen molar-refractivity contribution in [3.63, 3.8) is 0 Å². The number of anilines is 1. The van der Waals surface area contributed by atoms with Crippen LogP contribution in [0.3, 0.4) is 0 Å². The lowest BCUT2D eigenvalue weighted by molar-refractivity contribution is 0.0341. The third-order valence-corrected chi connectivity index (χ3v) is 12.0. The smallest absolute Gasteiger partial charge is 0.330 e. The number of aromatic nitrogens is 4. The van der Waals surface area contributed by atoms with Crippen molar-refractivity contribution in [3.8, 4) is 0 Å². The molecule has 0 radical (unpaired) electrons. The van der Waals surface area contributed by atoms with Gasteiger partial charge in [-0.15, -0.1) is 0 Å². The summed E-state index contributed by atoms with van der Waals surface area (Å²) in [4.78, 5) is 18.3. The normalized spacial score (nSPS) is 14.2. The Morgan fingerprint density at radius 3 is 2.39 bits per heavy atom. The molecule has 2 aromatic heterocycles. The van der Waals surface area contributed by atoms with Gasteiger partial charge in [-0.25, -0.2) is 15.0 Å². The van der Waals surface area contributed by atoms with Crippen LogP contribution in [0.25, 0.3) is 11.2 Å². The Labute approximate surface area is 185 Å². The first-order valence-corrected chi connectivity index (χ1v) is 15.2. The maximum absolute atomic E-state index is 12.9. The summed E-state index contributed by atoms with van der Waals surface area (Å²) < 4.78 is 31.9. The third kappa shape index (κ3) is 6.73. The zero-order chi connectivity index (χ0) is 23.3. The molecule has 176 valence electrons. The first-order chi connectivity index (χ1) is 14.4. The van der Waals surface area contributed by atoms with E-state index in [0.717, 1.165) is 0 Å². The molecular formula is C19H36N5O5PSi. The molecule has 0 aromatic carbocycles. The Kier molecular flexibility index (Phi) is 8.63. The molecule has 0 saturated heterocycles. The van der Waals surface area contributed by atoms with Gasteiger partial charge in [0.2, 0.25) is 5.65 Å². The van der Waals surface area contributed by atoms with Crippen molar-refractivity contribution in [2.75, 3.05) is 31.7 Å². The molecule has 2 rings (SSSR count). The van der Waals surface area contributed by atoms with Gasteiger partial charge in [-0.05, 0) is 38.4 Å². The lowest BCUT2D eigenvalue weighted by Gasteiger charge is -2.39. The molecule has 2 aromatic rings. The number of nitrogens with zero attached hydrogens (tertiary/aromatic N) is 4. The summed E-state index contributed by atoms with van der Waals surface area (Å²) in [6.07, 6.45) is 3.27. The first-order valence-electron chi connectivity index (χ1n) is 10.5. The van der Waals surface area contributed by atoms with Crippen LogP contribution in [0.5, 0.6) is 0 Å². The molecule has 1 atom stereocenters. The molecule has 0 aliphatic rings. The molecule has 10 nitrogen and oxygen atoms in total. The average molecular weight is 474 g/mol. The van der Waals surface area contributed by atoms with E-state index in [9.17, 15) is 4.57 Å². The van der Waals surface area contributed by atoms with Crippen molar-refractivity contribution in [1.82, 2.24) is 19.7 Å². The highest BCUT2D eigenvalue weighted by Crippen LogP contribution is 2.49. The van der Waals surface area contributed by atoms with Crippen molar-refractivity contribution in [2.45, 2.75) is 65.3 Å². The molecule has 0 amide bonds. The fourth-order valence-electron chi connectivity index (χ4n) is 2.72. The SMILES string of the molecule is CCOP(=O)(CCC(COn1cnc2c(N)ncnc21)O[Si](C)(C)C(C)(C)C)OCC. The van der Waals surface area contributed by atoms with Gasteiger partial charge in [-0.1, -0.05) is 20.8 Å². The molecule has 0 saturated carbocycles. The van der Waals surface area contributed by atoms with Crippen molar-refractivity contribution in [3.05, 3.63) is 12.7 Å². The topological polar surface area (TPSA) is 124 Å². The summed E-state index contributed by atoms with van der Waals surface area (Å²) in [6.45, 7) is 15.3. The van der Waals surface area contributed by atoms with Crippen LogP contribution in [0.1, 0.15) is 41.0 Å². The van der Waals surface area contributed by atoms with Gasteiger partial charge in [0.1, 0.15) is 19.3 Å². The van der Waals surface area contributed by atoms with Gasteiger partial charge in [0.15, 0.2) is 19.7 Å². The largest absolute Gasteiger partial charge is 0.410 e. The van der Waals surface area contributed by atoms with Crippen LogP contribution in [0, 0.1) is 0 Å². The van der Waals surface area contributed by atoms with Gasteiger partial charge in [-0.3, -0.25) is 4.57 Å². The van der Waals surface area contributed by atoms with E-state index in [2.05, 4.69) is 48.8 Å². The maximum Gasteiger partial charge on any atom is 0.330 e. The Hall–Kier alpha value is -1.52. The second kappa shape index (κ2) is 10.4. The zero-order valence-corrected chi connectivity index (χ0v) is 21.5. The average Bonchev–Trinajstić information content (AvgIpc) is 3.08. The van der Waals surface area contributed by atoms with Gasteiger partial charge >= 0.3 is 7.60 Å². The molecule has 12 heteroatoms. The summed E-state index contributed by atoms with van der Waals surface area (Å²) in [5.74, 6) is 0.288. The number of rotatable bonds is 12. The summed E-state index contributed by atoms with van der Waals surface area (Å²) >= 11 is 0. The van der Waals surface area contributed by atoms with Crippen molar-refractivity contribution in [1.29, 1.82) is 0 Å². The van der Waals surface area contributed by atoms with E-state index in [1.807, 2.05) is 0 Å². The number of nitrogen functional groups attached to an aromatic ring is 1. The van der Waals surface area contributed by atoms with Crippen LogP contribution in [0.4, 0.5) is 5.82 Å². The van der Waals surface area contributed by atoms with Crippen molar-refractivity contribution < 1.29 is 22.9 Å². The van der Waals surface area contributed by atoms with Crippen molar-refractivity contribution in [2.24, 2.45) is 0 Å². The molecule has 2 N–H and O–H groups in total. The molecule has 0 bridgehead atoms. The van der Waals surface area contributed by atoms with E-state index >= 15 is 0 Å². The number of imidazole rings is 1. The minimum Gasteiger partial charge on any atom is -0.410 e. The highest BCUT2D eigenvalue weighted by molar-refractivity contribution is 7.53. The summed E-state index contributed by atoms with van der Waals surface area (Å²) in [7, 11) is -5.29. The molecule has 31 heavy (non-hydrogen) atoms. The quantitative estimate of drug-likeness (QED) is 0.361. The Morgan fingerprint density at radius 1 is 1.16 bits per heavy atom. The van der Waals surface area contributed by atoms with Crippen LogP contribution in [-0.2, 0) is 18.0 Å². The van der Waals surface area contributed by atoms with Crippen LogP contribution in [0.15, 0.2) is 12.7 Å². The Morgan fingerprint density at radius 2 is 1.81 bits per heavy atom. The summed E-state index contributed by atoms with van der Waals surface area (Å²) in [6, 6.07) is 0. The minimum atomic E-state index is -3.19. The van der Waals surface area contributed by atoms with Gasteiger partial charge in [0.25, 0.3) is 0 Å². The Bertz CT molecular complexity index is 891. The van der Waals surface area contributed by atoms with Gasteiger partial charge in [0, 0.05) is 0 Å². The highest BCUT2D eigenvalue weighted by Gasteiger charge is 2.40. The second-order valence-electron chi connectivity index (χ2n) is 8.76. The van der Waals surface area contributed by atoms with E-state index < -0.39 is 15.9 Å². The molecule has 0 spiro atoms. The van der Waals surface area contributed by atoms with Gasteiger partial charge in [0.05, 0.1) is 25.5 Å². The molecule has 1 unspecified atom stereocenters. The highest BCUT2D eigenvalue weighted by atomic mass is 31.2. The van der Waals surface area contributed by atoms with Crippen LogP contribution >= 0.6 is 7.60 Å². The lowest BCUT2D eigenvalue weighted by Crippen LogP contribution is -2.46. The monoisotopic (exact) mass is 473 g/mol. The first kappa shape index (κ1) is 25.7. The fraction of sp³-hybridized carbons (Fsp3) is 0.737. The minimum absolute atomic E-state index is 0.0121. The predicted molar refractivity (Wildman–Crippen MR) is 124 cm³/mol. The van der Waals surface area contributed by atoms with Crippen molar-refractivity contribution >= 4 is 32.9 Å². The van der Waals surface area contributed by atoms with E-state index in [1.165, 1.54) is 17.4 Å². The van der Waals surface area contributed by atoms with E-state index in [4.69, 9.17) is 24.0 Å². The lowest BCUT2D eigenvalue weighted by atomic mass is 10.2. The second-order valence-corrected chi connectivity index (χ2v) is 15.7.